The largest absolute Gasteiger partial charge is 0.309 e. The predicted octanol–water partition coefficient (Wildman–Crippen LogP) is 1.76. The fourth-order valence-corrected chi connectivity index (χ4v) is 3.34. The van der Waals surface area contributed by atoms with Crippen LogP contribution >= 0.6 is 11.3 Å². The molecule has 1 aromatic rings. The van der Waals surface area contributed by atoms with E-state index in [4.69, 9.17) is 0 Å². The Hall–Kier alpha value is -0.790. The van der Waals surface area contributed by atoms with Crippen LogP contribution in [0.25, 0.3) is 0 Å². The minimum atomic E-state index is -0.741. The third kappa shape index (κ3) is 5.68. The van der Waals surface area contributed by atoms with E-state index in [0.717, 1.165) is 17.2 Å². The molecule has 0 radical (unpaired) electrons. The van der Waals surface area contributed by atoms with Crippen molar-refractivity contribution in [1.82, 2.24) is 10.3 Å². The number of carbonyl (C=O) groups is 1. The Bertz CT molecular complexity index is 462. The van der Waals surface area contributed by atoms with E-state index >= 15 is 0 Å². The first kappa shape index (κ1) is 17.3. The Labute approximate surface area is 127 Å². The van der Waals surface area contributed by atoms with Gasteiger partial charge in [0.25, 0.3) is 0 Å². The molecule has 0 saturated heterocycles. The lowest BCUT2D eigenvalue weighted by Crippen LogP contribution is -2.28. The molecule has 0 aliphatic rings. The second-order valence-electron chi connectivity index (χ2n) is 4.73. The first-order valence-corrected chi connectivity index (χ1v) is 9.30. The molecule has 114 valence electrons. The van der Waals surface area contributed by atoms with E-state index in [1.54, 1.807) is 18.1 Å². The average molecular weight is 317 g/mol. The second kappa shape index (κ2) is 8.49. The van der Waals surface area contributed by atoms with Crippen LogP contribution in [0.5, 0.6) is 0 Å². The van der Waals surface area contributed by atoms with E-state index in [2.05, 4.69) is 17.2 Å². The molecule has 1 amide bonds. The SMILES string of the molecule is CCN(C(C)=O)c1nc(CNC(C)CCS(C)=O)cs1. The third-order valence-corrected chi connectivity index (χ3v) is 4.66. The number of hydrogen-bond donors (Lipinski definition) is 1. The van der Waals surface area contributed by atoms with Gasteiger partial charge in [-0.25, -0.2) is 4.98 Å². The van der Waals surface area contributed by atoms with Gasteiger partial charge in [-0.3, -0.25) is 13.9 Å². The lowest BCUT2D eigenvalue weighted by Gasteiger charge is -2.14. The number of aromatic nitrogens is 1. The maximum Gasteiger partial charge on any atom is 0.225 e. The highest BCUT2D eigenvalue weighted by atomic mass is 32.2. The molecule has 2 atom stereocenters. The molecule has 20 heavy (non-hydrogen) atoms. The van der Waals surface area contributed by atoms with Gasteiger partial charge in [-0.1, -0.05) is 0 Å². The molecule has 0 aliphatic carbocycles. The molecule has 0 saturated carbocycles. The zero-order chi connectivity index (χ0) is 15.1. The molecule has 1 rings (SSSR count). The third-order valence-electron chi connectivity index (χ3n) is 2.94. The van der Waals surface area contributed by atoms with Gasteiger partial charge in [-0.2, -0.15) is 0 Å². The molecular weight excluding hydrogens is 294 g/mol. The fraction of sp³-hybridized carbons (Fsp3) is 0.692. The molecule has 7 heteroatoms. The van der Waals surface area contributed by atoms with E-state index in [1.165, 1.54) is 11.3 Å². The molecule has 1 aromatic heterocycles. The number of anilines is 1. The van der Waals surface area contributed by atoms with Gasteiger partial charge in [-0.15, -0.1) is 11.3 Å². The second-order valence-corrected chi connectivity index (χ2v) is 7.12. The Balaban J connectivity index is 2.48. The fourth-order valence-electron chi connectivity index (χ4n) is 1.72. The highest BCUT2D eigenvalue weighted by Crippen LogP contribution is 2.20. The first-order chi connectivity index (χ1) is 9.43. The maximum absolute atomic E-state index is 11.4. The van der Waals surface area contributed by atoms with E-state index < -0.39 is 10.8 Å². The van der Waals surface area contributed by atoms with Crippen LogP contribution in [0.3, 0.4) is 0 Å². The van der Waals surface area contributed by atoms with E-state index in [1.807, 2.05) is 12.3 Å². The number of hydrogen-bond acceptors (Lipinski definition) is 5. The molecule has 0 spiro atoms. The predicted molar refractivity (Wildman–Crippen MR) is 85.7 cm³/mol. The van der Waals surface area contributed by atoms with Crippen LogP contribution in [0.2, 0.25) is 0 Å². The van der Waals surface area contributed by atoms with Crippen LogP contribution in [0.15, 0.2) is 5.38 Å². The smallest absolute Gasteiger partial charge is 0.225 e. The summed E-state index contributed by atoms with van der Waals surface area (Å²) in [4.78, 5) is 17.6. The topological polar surface area (TPSA) is 62.3 Å². The van der Waals surface area contributed by atoms with Gasteiger partial charge in [-0.05, 0) is 20.3 Å². The van der Waals surface area contributed by atoms with Gasteiger partial charge in [0, 0.05) is 54.2 Å². The number of amides is 1. The highest BCUT2D eigenvalue weighted by molar-refractivity contribution is 7.84. The Kier molecular flexibility index (Phi) is 7.32. The molecule has 5 nitrogen and oxygen atoms in total. The minimum absolute atomic E-state index is 0.0140. The van der Waals surface area contributed by atoms with Crippen LogP contribution in [0.4, 0.5) is 5.13 Å². The van der Waals surface area contributed by atoms with E-state index in [0.29, 0.717) is 24.9 Å². The van der Waals surface area contributed by atoms with Crippen LogP contribution in [-0.2, 0) is 22.1 Å². The van der Waals surface area contributed by atoms with Gasteiger partial charge in [0.15, 0.2) is 5.13 Å². The first-order valence-electron chi connectivity index (χ1n) is 6.70. The summed E-state index contributed by atoms with van der Waals surface area (Å²) >= 11 is 1.49. The van der Waals surface area contributed by atoms with Gasteiger partial charge in [0.2, 0.25) is 5.91 Å². The quantitative estimate of drug-likeness (QED) is 0.793. The molecule has 0 aromatic carbocycles. The van der Waals surface area contributed by atoms with Crippen molar-refractivity contribution >= 4 is 33.2 Å². The summed E-state index contributed by atoms with van der Waals surface area (Å²) in [7, 11) is -0.741. The standard InChI is InChI=1S/C13H23N3O2S2/c1-5-16(11(3)17)13-15-12(9-19-13)8-14-10(2)6-7-20(4)18/h9-10,14H,5-8H2,1-4H3. The molecule has 2 unspecified atom stereocenters. The van der Waals surface area contributed by atoms with Crippen LogP contribution in [-0.4, -0.2) is 39.7 Å². The van der Waals surface area contributed by atoms with Crippen molar-refractivity contribution in [2.45, 2.75) is 39.8 Å². The van der Waals surface area contributed by atoms with Crippen molar-refractivity contribution in [2.24, 2.45) is 0 Å². The van der Waals surface area contributed by atoms with Crippen molar-refractivity contribution in [3.05, 3.63) is 11.1 Å². The van der Waals surface area contributed by atoms with Gasteiger partial charge in [0.1, 0.15) is 0 Å². The molecule has 0 aliphatic heterocycles. The normalized spacial score (nSPS) is 14.0. The number of rotatable bonds is 8. The molecule has 1 N–H and O–H groups in total. The monoisotopic (exact) mass is 317 g/mol. The summed E-state index contributed by atoms with van der Waals surface area (Å²) in [6.45, 7) is 6.87. The van der Waals surface area contributed by atoms with Crippen LogP contribution in [0.1, 0.15) is 32.9 Å². The molecular formula is C13H23N3O2S2. The molecule has 0 bridgehead atoms. The Morgan fingerprint density at radius 3 is 2.85 bits per heavy atom. The van der Waals surface area contributed by atoms with Gasteiger partial charge in [0.05, 0.1) is 5.69 Å². The zero-order valence-electron chi connectivity index (χ0n) is 12.5. The van der Waals surface area contributed by atoms with E-state index in [-0.39, 0.29) is 5.91 Å². The molecule has 0 fully saturated rings. The Morgan fingerprint density at radius 1 is 1.60 bits per heavy atom. The average Bonchev–Trinajstić information content (AvgIpc) is 2.83. The minimum Gasteiger partial charge on any atom is -0.309 e. The number of nitrogens with zero attached hydrogens (tertiary/aromatic N) is 2. The number of nitrogens with one attached hydrogen (secondary N) is 1. The summed E-state index contributed by atoms with van der Waals surface area (Å²) in [5.41, 5.74) is 0.939. The summed E-state index contributed by atoms with van der Waals surface area (Å²) in [6, 6.07) is 0.305. The van der Waals surface area contributed by atoms with Crippen LogP contribution < -0.4 is 10.2 Å². The van der Waals surface area contributed by atoms with Crippen molar-refractivity contribution in [3.8, 4) is 0 Å². The highest BCUT2D eigenvalue weighted by Gasteiger charge is 2.13. The summed E-state index contributed by atoms with van der Waals surface area (Å²) in [5, 5.41) is 6.08. The number of carbonyl (C=O) groups excluding carboxylic acids is 1. The van der Waals surface area contributed by atoms with E-state index in [9.17, 15) is 9.00 Å². The Morgan fingerprint density at radius 2 is 2.30 bits per heavy atom. The molecule has 1 heterocycles. The van der Waals surface area contributed by atoms with Crippen LogP contribution in [0, 0.1) is 0 Å². The summed E-state index contributed by atoms with van der Waals surface area (Å²) < 4.78 is 11.0. The lowest BCUT2D eigenvalue weighted by atomic mass is 10.2. The van der Waals surface area contributed by atoms with Gasteiger partial charge >= 0.3 is 0 Å². The van der Waals surface area contributed by atoms with Crippen molar-refractivity contribution in [2.75, 3.05) is 23.5 Å². The zero-order valence-corrected chi connectivity index (χ0v) is 14.1. The van der Waals surface area contributed by atoms with Crippen molar-refractivity contribution in [3.63, 3.8) is 0 Å². The van der Waals surface area contributed by atoms with Gasteiger partial charge < -0.3 is 5.32 Å². The van der Waals surface area contributed by atoms with Crippen molar-refractivity contribution in [1.29, 1.82) is 0 Å². The number of thiazole rings is 1. The summed E-state index contributed by atoms with van der Waals surface area (Å²) in [5.74, 6) is 0.727. The van der Waals surface area contributed by atoms with Crippen molar-refractivity contribution < 1.29 is 9.00 Å². The lowest BCUT2D eigenvalue weighted by molar-refractivity contribution is -0.116. The summed E-state index contributed by atoms with van der Waals surface area (Å²) in [6.07, 6.45) is 2.61. The maximum atomic E-state index is 11.4.